The van der Waals surface area contributed by atoms with Crippen molar-refractivity contribution in [1.29, 1.82) is 0 Å². The standard InChI is InChI=1S/C11H11BrF3NO2/c12-7-2-1-3-8(13)10(7)11(17)16-4-5-18-6-9(14)15/h1-3,9H,4-6H2,(H,16,17). The van der Waals surface area contributed by atoms with Gasteiger partial charge >= 0.3 is 0 Å². The monoisotopic (exact) mass is 325 g/mol. The minimum absolute atomic E-state index is 0.0341. The zero-order valence-electron chi connectivity index (χ0n) is 9.26. The molecule has 0 unspecified atom stereocenters. The number of carbonyl (C=O) groups is 1. The SMILES string of the molecule is O=C(NCCOCC(F)F)c1c(F)cccc1Br. The lowest BCUT2D eigenvalue weighted by molar-refractivity contribution is 0.0188. The summed E-state index contributed by atoms with van der Waals surface area (Å²) in [5.41, 5.74) is -0.119. The maximum Gasteiger partial charge on any atom is 0.261 e. The van der Waals surface area contributed by atoms with Gasteiger partial charge in [-0.1, -0.05) is 6.07 Å². The second-order valence-corrected chi connectivity index (χ2v) is 4.17. The maximum absolute atomic E-state index is 13.4. The molecule has 1 rings (SSSR count). The molecular weight excluding hydrogens is 315 g/mol. The smallest absolute Gasteiger partial charge is 0.261 e. The van der Waals surface area contributed by atoms with E-state index in [2.05, 4.69) is 26.0 Å². The summed E-state index contributed by atoms with van der Waals surface area (Å²) in [6.07, 6.45) is -2.54. The molecule has 0 spiro atoms. The highest BCUT2D eigenvalue weighted by Crippen LogP contribution is 2.19. The Kier molecular flexibility index (Phi) is 6.14. The summed E-state index contributed by atoms with van der Waals surface area (Å²) < 4.78 is 41.7. The first-order valence-electron chi connectivity index (χ1n) is 5.10. The van der Waals surface area contributed by atoms with E-state index in [1.807, 2.05) is 0 Å². The van der Waals surface area contributed by atoms with Crippen molar-refractivity contribution in [3.05, 3.63) is 34.1 Å². The normalized spacial score (nSPS) is 10.7. The Balaban J connectivity index is 2.41. The van der Waals surface area contributed by atoms with Crippen LogP contribution in [0.4, 0.5) is 13.2 Å². The number of alkyl halides is 2. The summed E-state index contributed by atoms with van der Waals surface area (Å²) in [5, 5.41) is 2.38. The predicted molar refractivity (Wildman–Crippen MR) is 63.3 cm³/mol. The Morgan fingerprint density at radius 1 is 1.44 bits per heavy atom. The summed E-state index contributed by atoms with van der Waals surface area (Å²) in [6.45, 7) is -0.701. The van der Waals surface area contributed by atoms with Crippen molar-refractivity contribution in [1.82, 2.24) is 5.32 Å². The fraction of sp³-hybridized carbons (Fsp3) is 0.364. The average Bonchev–Trinajstić information content (AvgIpc) is 2.27. The Bertz CT molecular complexity index is 395. The van der Waals surface area contributed by atoms with Crippen LogP contribution >= 0.6 is 15.9 Å². The molecule has 0 saturated carbocycles. The number of halogens is 4. The number of hydrogen-bond acceptors (Lipinski definition) is 2. The Morgan fingerprint density at radius 2 is 2.17 bits per heavy atom. The van der Waals surface area contributed by atoms with Gasteiger partial charge in [0.2, 0.25) is 0 Å². The van der Waals surface area contributed by atoms with Crippen LogP contribution in [0.3, 0.4) is 0 Å². The van der Waals surface area contributed by atoms with Gasteiger partial charge in [0.1, 0.15) is 12.4 Å². The van der Waals surface area contributed by atoms with Crippen molar-refractivity contribution < 1.29 is 22.7 Å². The largest absolute Gasteiger partial charge is 0.374 e. The highest BCUT2D eigenvalue weighted by molar-refractivity contribution is 9.10. The third-order valence-corrected chi connectivity index (χ3v) is 2.63. The zero-order chi connectivity index (χ0) is 13.5. The van der Waals surface area contributed by atoms with E-state index >= 15 is 0 Å². The van der Waals surface area contributed by atoms with Crippen molar-refractivity contribution in [3.8, 4) is 0 Å². The molecule has 0 aliphatic carbocycles. The van der Waals surface area contributed by atoms with Crippen molar-refractivity contribution in [3.63, 3.8) is 0 Å². The minimum atomic E-state index is -2.54. The Hall–Kier alpha value is -1.08. The topological polar surface area (TPSA) is 38.3 Å². The molecule has 0 aliphatic rings. The molecule has 0 radical (unpaired) electrons. The van der Waals surface area contributed by atoms with Gasteiger partial charge in [-0.25, -0.2) is 13.2 Å². The molecule has 100 valence electrons. The lowest BCUT2D eigenvalue weighted by Gasteiger charge is -2.08. The number of ether oxygens (including phenoxy) is 1. The van der Waals surface area contributed by atoms with Gasteiger partial charge in [-0.2, -0.15) is 0 Å². The third kappa shape index (κ3) is 4.66. The number of nitrogens with one attached hydrogen (secondary N) is 1. The predicted octanol–water partition coefficient (Wildman–Crippen LogP) is 2.60. The van der Waals surface area contributed by atoms with E-state index in [9.17, 15) is 18.0 Å². The van der Waals surface area contributed by atoms with Crippen molar-refractivity contribution in [2.75, 3.05) is 19.8 Å². The molecule has 18 heavy (non-hydrogen) atoms. The zero-order valence-corrected chi connectivity index (χ0v) is 10.8. The number of hydrogen-bond donors (Lipinski definition) is 1. The molecule has 1 aromatic rings. The quantitative estimate of drug-likeness (QED) is 0.816. The highest BCUT2D eigenvalue weighted by atomic mass is 79.9. The van der Waals surface area contributed by atoms with Crippen LogP contribution in [0.25, 0.3) is 0 Å². The van der Waals surface area contributed by atoms with Gasteiger partial charge in [-0.05, 0) is 28.1 Å². The van der Waals surface area contributed by atoms with Crippen molar-refractivity contribution >= 4 is 21.8 Å². The first kappa shape index (κ1) is 15.0. The van der Waals surface area contributed by atoms with Gasteiger partial charge in [0.15, 0.2) is 0 Å². The lowest BCUT2D eigenvalue weighted by Crippen LogP contribution is -2.28. The van der Waals surface area contributed by atoms with E-state index in [1.165, 1.54) is 12.1 Å². The van der Waals surface area contributed by atoms with Gasteiger partial charge in [0.25, 0.3) is 12.3 Å². The highest BCUT2D eigenvalue weighted by Gasteiger charge is 2.14. The molecule has 0 bridgehead atoms. The van der Waals surface area contributed by atoms with Crippen LogP contribution < -0.4 is 5.32 Å². The first-order valence-corrected chi connectivity index (χ1v) is 5.89. The van der Waals surface area contributed by atoms with Crippen LogP contribution in [0.5, 0.6) is 0 Å². The van der Waals surface area contributed by atoms with Crippen LogP contribution in [-0.4, -0.2) is 32.1 Å². The summed E-state index contributed by atoms with van der Waals surface area (Å²) in [6, 6.07) is 4.15. The van der Waals surface area contributed by atoms with E-state index in [-0.39, 0.29) is 18.7 Å². The molecular formula is C11H11BrF3NO2. The number of rotatable bonds is 6. The molecule has 0 heterocycles. The average molecular weight is 326 g/mol. The van der Waals surface area contributed by atoms with Crippen molar-refractivity contribution in [2.24, 2.45) is 0 Å². The summed E-state index contributed by atoms with van der Waals surface area (Å²) >= 11 is 3.06. The van der Waals surface area contributed by atoms with Crippen LogP contribution in [0.15, 0.2) is 22.7 Å². The van der Waals surface area contributed by atoms with E-state index in [0.717, 1.165) is 6.07 Å². The van der Waals surface area contributed by atoms with Crippen molar-refractivity contribution in [2.45, 2.75) is 6.43 Å². The van der Waals surface area contributed by atoms with Gasteiger partial charge < -0.3 is 10.1 Å². The Morgan fingerprint density at radius 3 is 2.78 bits per heavy atom. The summed E-state index contributed by atoms with van der Waals surface area (Å²) in [4.78, 5) is 11.6. The van der Waals surface area contributed by atoms with Gasteiger partial charge in [-0.3, -0.25) is 4.79 Å². The van der Waals surface area contributed by atoms with Gasteiger partial charge in [0, 0.05) is 11.0 Å². The number of benzene rings is 1. The van der Waals surface area contributed by atoms with Crippen LogP contribution in [0.1, 0.15) is 10.4 Å². The molecule has 0 fully saturated rings. The summed E-state index contributed by atoms with van der Waals surface area (Å²) in [7, 11) is 0. The molecule has 3 nitrogen and oxygen atoms in total. The molecule has 0 saturated heterocycles. The third-order valence-electron chi connectivity index (χ3n) is 1.97. The van der Waals surface area contributed by atoms with Crippen LogP contribution in [0.2, 0.25) is 0 Å². The second-order valence-electron chi connectivity index (χ2n) is 3.32. The van der Waals surface area contributed by atoms with Gasteiger partial charge in [0.05, 0.1) is 12.2 Å². The van der Waals surface area contributed by atoms with E-state index in [1.54, 1.807) is 0 Å². The lowest BCUT2D eigenvalue weighted by atomic mass is 10.2. The molecule has 0 aromatic heterocycles. The fourth-order valence-corrected chi connectivity index (χ4v) is 1.73. The van der Waals surface area contributed by atoms with E-state index in [0.29, 0.717) is 4.47 Å². The molecule has 1 amide bonds. The van der Waals surface area contributed by atoms with E-state index < -0.39 is 24.8 Å². The minimum Gasteiger partial charge on any atom is -0.374 e. The number of carbonyl (C=O) groups excluding carboxylic acids is 1. The summed E-state index contributed by atoms with van der Waals surface area (Å²) in [5.74, 6) is -1.28. The molecule has 0 atom stereocenters. The number of amides is 1. The van der Waals surface area contributed by atoms with Crippen LogP contribution in [-0.2, 0) is 4.74 Å². The van der Waals surface area contributed by atoms with E-state index in [4.69, 9.17) is 0 Å². The van der Waals surface area contributed by atoms with Gasteiger partial charge in [-0.15, -0.1) is 0 Å². The van der Waals surface area contributed by atoms with Crippen LogP contribution in [0, 0.1) is 5.82 Å². The first-order chi connectivity index (χ1) is 8.52. The molecule has 0 aliphatic heterocycles. The fourth-order valence-electron chi connectivity index (χ4n) is 1.21. The second kappa shape index (κ2) is 7.38. The maximum atomic E-state index is 13.4. The molecule has 7 heteroatoms. The molecule has 1 N–H and O–H groups in total. The Labute approximate surface area is 110 Å². The molecule has 1 aromatic carbocycles.